The number of thiazole rings is 1. The minimum absolute atomic E-state index is 0.0654. The maximum Gasteiger partial charge on any atom is 0.253 e. The lowest BCUT2D eigenvalue weighted by Gasteiger charge is -2.16. The molecular weight excluding hydrogens is 346 g/mol. The molecule has 0 radical (unpaired) electrons. The van der Waals surface area contributed by atoms with Gasteiger partial charge in [-0.15, -0.1) is 11.3 Å². The number of hydrogen-bond acceptors (Lipinski definition) is 4. The number of fused-ring (bicyclic) bond motifs is 1. The lowest BCUT2D eigenvalue weighted by atomic mass is 10.2. The van der Waals surface area contributed by atoms with Crippen molar-refractivity contribution in [2.24, 2.45) is 5.92 Å². The highest BCUT2D eigenvalue weighted by Gasteiger charge is 2.29. The van der Waals surface area contributed by atoms with Crippen molar-refractivity contribution in [1.82, 2.24) is 9.88 Å². The van der Waals surface area contributed by atoms with E-state index < -0.39 is 0 Å². The Labute approximate surface area is 155 Å². The SMILES string of the molecule is CN(Cc1nc2ccccc2s1)C(=O)c1ccc(NC(=O)C2CC2)cc1. The molecule has 0 atom stereocenters. The summed E-state index contributed by atoms with van der Waals surface area (Å²) in [6.07, 6.45) is 1.94. The number of amides is 2. The fraction of sp³-hybridized carbons (Fsp3) is 0.250. The summed E-state index contributed by atoms with van der Waals surface area (Å²) in [5.41, 5.74) is 2.29. The lowest BCUT2D eigenvalue weighted by molar-refractivity contribution is -0.117. The van der Waals surface area contributed by atoms with Gasteiger partial charge in [-0.25, -0.2) is 4.98 Å². The van der Waals surface area contributed by atoms with Gasteiger partial charge in [0.2, 0.25) is 5.91 Å². The summed E-state index contributed by atoms with van der Waals surface area (Å²) in [6, 6.07) is 15.0. The van der Waals surface area contributed by atoms with E-state index in [-0.39, 0.29) is 17.7 Å². The van der Waals surface area contributed by atoms with Gasteiger partial charge in [-0.05, 0) is 49.2 Å². The maximum absolute atomic E-state index is 12.6. The Kier molecular flexibility index (Phi) is 4.42. The zero-order chi connectivity index (χ0) is 18.1. The van der Waals surface area contributed by atoms with Gasteiger partial charge in [0.1, 0.15) is 5.01 Å². The Hall–Kier alpha value is -2.73. The van der Waals surface area contributed by atoms with Crippen molar-refractivity contribution in [1.29, 1.82) is 0 Å². The van der Waals surface area contributed by atoms with E-state index >= 15 is 0 Å². The third-order valence-electron chi connectivity index (χ3n) is 4.40. The van der Waals surface area contributed by atoms with Crippen molar-refractivity contribution < 1.29 is 9.59 Å². The molecule has 0 bridgehead atoms. The molecule has 132 valence electrons. The second-order valence-corrected chi connectivity index (χ2v) is 7.69. The molecule has 0 unspecified atom stereocenters. The molecule has 2 amide bonds. The first-order valence-electron chi connectivity index (χ1n) is 8.61. The van der Waals surface area contributed by atoms with E-state index in [4.69, 9.17) is 0 Å². The van der Waals surface area contributed by atoms with Gasteiger partial charge < -0.3 is 10.2 Å². The molecule has 1 N–H and O–H groups in total. The highest BCUT2D eigenvalue weighted by molar-refractivity contribution is 7.18. The minimum atomic E-state index is -0.0654. The van der Waals surface area contributed by atoms with Gasteiger partial charge in [0.05, 0.1) is 16.8 Å². The summed E-state index contributed by atoms with van der Waals surface area (Å²) < 4.78 is 1.12. The monoisotopic (exact) mass is 365 g/mol. The van der Waals surface area contributed by atoms with Gasteiger partial charge in [0.25, 0.3) is 5.91 Å². The Morgan fingerprint density at radius 2 is 1.88 bits per heavy atom. The van der Waals surface area contributed by atoms with Crippen LogP contribution in [0.3, 0.4) is 0 Å². The molecule has 0 saturated heterocycles. The number of para-hydroxylation sites is 1. The molecule has 1 fully saturated rings. The molecule has 2 aromatic carbocycles. The van der Waals surface area contributed by atoms with Gasteiger partial charge >= 0.3 is 0 Å². The molecule has 6 heteroatoms. The van der Waals surface area contributed by atoms with Crippen LogP contribution in [0.15, 0.2) is 48.5 Å². The van der Waals surface area contributed by atoms with E-state index in [9.17, 15) is 9.59 Å². The van der Waals surface area contributed by atoms with Gasteiger partial charge in [-0.2, -0.15) is 0 Å². The molecule has 1 heterocycles. The topological polar surface area (TPSA) is 62.3 Å². The summed E-state index contributed by atoms with van der Waals surface area (Å²) >= 11 is 1.60. The average molecular weight is 365 g/mol. The smallest absolute Gasteiger partial charge is 0.253 e. The Morgan fingerprint density at radius 3 is 2.58 bits per heavy atom. The quantitative estimate of drug-likeness (QED) is 0.745. The molecule has 3 aromatic rings. The maximum atomic E-state index is 12.6. The van der Waals surface area contributed by atoms with Crippen LogP contribution in [-0.2, 0) is 11.3 Å². The molecule has 1 aromatic heterocycles. The number of carbonyl (C=O) groups excluding carboxylic acids is 2. The highest BCUT2D eigenvalue weighted by atomic mass is 32.1. The van der Waals surface area contributed by atoms with Gasteiger partial charge in [0.15, 0.2) is 0 Å². The van der Waals surface area contributed by atoms with Gasteiger partial charge in [0, 0.05) is 24.2 Å². The fourth-order valence-corrected chi connectivity index (χ4v) is 3.79. The van der Waals surface area contributed by atoms with Gasteiger partial charge in [-0.1, -0.05) is 12.1 Å². The van der Waals surface area contributed by atoms with Crippen LogP contribution < -0.4 is 5.32 Å². The van der Waals surface area contributed by atoms with Crippen molar-refractivity contribution >= 4 is 39.1 Å². The number of nitrogens with one attached hydrogen (secondary N) is 1. The summed E-state index contributed by atoms with van der Waals surface area (Å²) in [5.74, 6) is 0.164. The summed E-state index contributed by atoms with van der Waals surface area (Å²) in [6.45, 7) is 0.471. The van der Waals surface area contributed by atoms with Crippen LogP contribution in [0.5, 0.6) is 0 Å². The molecule has 5 nitrogen and oxygen atoms in total. The average Bonchev–Trinajstić information content (AvgIpc) is 3.42. The van der Waals surface area contributed by atoms with Crippen molar-refractivity contribution in [2.45, 2.75) is 19.4 Å². The van der Waals surface area contributed by atoms with Crippen LogP contribution in [0.1, 0.15) is 28.2 Å². The largest absolute Gasteiger partial charge is 0.335 e. The molecular formula is C20H19N3O2S. The number of nitrogens with zero attached hydrogens (tertiary/aromatic N) is 2. The predicted molar refractivity (Wildman–Crippen MR) is 103 cm³/mol. The normalized spacial score (nSPS) is 13.6. The Bertz CT molecular complexity index is 928. The summed E-state index contributed by atoms with van der Waals surface area (Å²) in [7, 11) is 1.77. The molecule has 26 heavy (non-hydrogen) atoms. The van der Waals surface area contributed by atoms with Crippen LogP contribution in [0.25, 0.3) is 10.2 Å². The van der Waals surface area contributed by atoms with Crippen molar-refractivity contribution in [2.75, 3.05) is 12.4 Å². The zero-order valence-corrected chi connectivity index (χ0v) is 15.3. The predicted octanol–water partition coefficient (Wildman–Crippen LogP) is 3.92. The number of rotatable bonds is 5. The van der Waals surface area contributed by atoms with Crippen LogP contribution >= 0.6 is 11.3 Å². The van der Waals surface area contributed by atoms with E-state index in [1.807, 2.05) is 24.3 Å². The van der Waals surface area contributed by atoms with Crippen molar-refractivity contribution in [3.8, 4) is 0 Å². The second-order valence-electron chi connectivity index (χ2n) is 6.58. The van der Waals surface area contributed by atoms with E-state index in [1.165, 1.54) is 0 Å². The first kappa shape index (κ1) is 16.7. The van der Waals surface area contributed by atoms with Crippen LogP contribution in [0, 0.1) is 5.92 Å². The van der Waals surface area contributed by atoms with Crippen molar-refractivity contribution in [3.63, 3.8) is 0 Å². The minimum Gasteiger partial charge on any atom is -0.335 e. The third-order valence-corrected chi connectivity index (χ3v) is 5.43. The third kappa shape index (κ3) is 3.60. The highest BCUT2D eigenvalue weighted by Crippen LogP contribution is 2.30. The number of aromatic nitrogens is 1. The molecule has 1 saturated carbocycles. The molecule has 0 spiro atoms. The molecule has 0 aliphatic heterocycles. The van der Waals surface area contributed by atoms with Gasteiger partial charge in [-0.3, -0.25) is 9.59 Å². The molecule has 1 aliphatic rings. The number of hydrogen-bond donors (Lipinski definition) is 1. The second kappa shape index (κ2) is 6.88. The van der Waals surface area contributed by atoms with E-state index in [0.717, 1.165) is 33.8 Å². The lowest BCUT2D eigenvalue weighted by Crippen LogP contribution is -2.26. The van der Waals surface area contributed by atoms with E-state index in [2.05, 4.69) is 10.3 Å². The molecule has 4 rings (SSSR count). The van der Waals surface area contributed by atoms with Crippen LogP contribution in [0.2, 0.25) is 0 Å². The fourth-order valence-electron chi connectivity index (χ4n) is 2.77. The van der Waals surface area contributed by atoms with E-state index in [1.54, 1.807) is 47.5 Å². The number of carbonyl (C=O) groups is 2. The summed E-state index contributed by atoms with van der Waals surface area (Å²) in [5, 5.41) is 3.79. The zero-order valence-electron chi connectivity index (χ0n) is 14.4. The number of anilines is 1. The first-order chi connectivity index (χ1) is 12.6. The molecule has 1 aliphatic carbocycles. The Balaban J connectivity index is 1.41. The standard InChI is InChI=1S/C20H19N3O2S/c1-23(12-18-22-16-4-2-3-5-17(16)26-18)20(25)14-8-10-15(11-9-14)21-19(24)13-6-7-13/h2-5,8-11,13H,6-7,12H2,1H3,(H,21,24). The Morgan fingerprint density at radius 1 is 1.15 bits per heavy atom. The van der Waals surface area contributed by atoms with Crippen LogP contribution in [-0.4, -0.2) is 28.7 Å². The van der Waals surface area contributed by atoms with Crippen LogP contribution in [0.4, 0.5) is 5.69 Å². The number of benzene rings is 2. The summed E-state index contributed by atoms with van der Waals surface area (Å²) in [4.78, 5) is 30.7. The van der Waals surface area contributed by atoms with E-state index in [0.29, 0.717) is 12.1 Å². The van der Waals surface area contributed by atoms with Crippen molar-refractivity contribution in [3.05, 3.63) is 59.1 Å². The first-order valence-corrected chi connectivity index (χ1v) is 9.42.